The maximum atomic E-state index is 11.1. The molecule has 1 atom stereocenters. The predicted molar refractivity (Wildman–Crippen MR) is 60.6 cm³/mol. The zero-order valence-electron chi connectivity index (χ0n) is 9.21. The minimum absolute atomic E-state index is 0.597. The second kappa shape index (κ2) is 8.70. The van der Waals surface area contributed by atoms with Crippen molar-refractivity contribution in [2.24, 2.45) is 0 Å². The number of hydrogen-bond donors (Lipinski definition) is 0. The lowest BCUT2D eigenvalue weighted by atomic mass is 10.2. The molecule has 0 saturated heterocycles. The molecule has 0 aromatic carbocycles. The zero-order valence-corrected chi connectivity index (χ0v) is 10.0. The average Bonchev–Trinajstić information content (AvgIpc) is 2.14. The van der Waals surface area contributed by atoms with E-state index in [1.807, 2.05) is 6.92 Å². The predicted octanol–water partition coefficient (Wildman–Crippen LogP) is 1.88. The Morgan fingerprint density at radius 1 is 1.15 bits per heavy atom. The molecule has 0 rings (SSSR count). The van der Waals surface area contributed by atoms with E-state index in [2.05, 4.69) is 18.9 Å². The molecular formula is C10H23NOS. The highest BCUT2D eigenvalue weighted by Gasteiger charge is 2.00. The molecule has 0 fully saturated rings. The van der Waals surface area contributed by atoms with E-state index in [0.717, 1.165) is 24.6 Å². The minimum atomic E-state index is -0.597. The van der Waals surface area contributed by atoms with E-state index < -0.39 is 10.8 Å². The summed E-state index contributed by atoms with van der Waals surface area (Å²) in [7, 11) is 1.52. The van der Waals surface area contributed by atoms with Crippen LogP contribution in [0.5, 0.6) is 0 Å². The van der Waals surface area contributed by atoms with E-state index in [-0.39, 0.29) is 0 Å². The molecule has 0 aliphatic rings. The van der Waals surface area contributed by atoms with E-state index in [1.54, 1.807) is 0 Å². The van der Waals surface area contributed by atoms with Gasteiger partial charge in [0, 0.05) is 28.9 Å². The largest absolute Gasteiger partial charge is 0.305 e. The summed E-state index contributed by atoms with van der Waals surface area (Å²) in [5, 5.41) is 0. The van der Waals surface area contributed by atoms with Crippen LogP contribution in [-0.4, -0.2) is 40.8 Å². The van der Waals surface area contributed by atoms with Crippen LogP contribution in [0.1, 0.15) is 33.1 Å². The van der Waals surface area contributed by atoms with Gasteiger partial charge in [-0.1, -0.05) is 26.7 Å². The fourth-order valence-corrected chi connectivity index (χ4v) is 1.95. The average molecular weight is 205 g/mol. The summed E-state index contributed by atoms with van der Waals surface area (Å²) in [5.41, 5.74) is 0. The first-order valence-electron chi connectivity index (χ1n) is 5.24. The lowest BCUT2D eigenvalue weighted by Gasteiger charge is -2.15. The summed E-state index contributed by atoms with van der Waals surface area (Å²) in [4.78, 5) is 2.28. The highest BCUT2D eigenvalue weighted by atomic mass is 32.2. The molecule has 0 aliphatic carbocycles. The van der Waals surface area contributed by atoms with Crippen molar-refractivity contribution in [2.75, 3.05) is 31.6 Å². The molecule has 0 aliphatic heterocycles. The molecule has 2 nitrogen and oxygen atoms in total. The molecule has 0 amide bonds. The van der Waals surface area contributed by atoms with Crippen molar-refractivity contribution in [1.29, 1.82) is 0 Å². The van der Waals surface area contributed by atoms with Gasteiger partial charge in [-0.05, 0) is 20.0 Å². The monoisotopic (exact) mass is 205 g/mol. The van der Waals surface area contributed by atoms with E-state index in [0.29, 0.717) is 0 Å². The van der Waals surface area contributed by atoms with Gasteiger partial charge in [0.05, 0.1) is 0 Å². The fraction of sp³-hybridized carbons (Fsp3) is 1.00. The van der Waals surface area contributed by atoms with E-state index >= 15 is 0 Å². The molecule has 0 aromatic rings. The lowest BCUT2D eigenvalue weighted by molar-refractivity contribution is 0.344. The number of hydrogen-bond acceptors (Lipinski definition) is 2. The minimum Gasteiger partial charge on any atom is -0.305 e. The van der Waals surface area contributed by atoms with Gasteiger partial charge >= 0.3 is 0 Å². The Kier molecular flexibility index (Phi) is 8.77. The van der Waals surface area contributed by atoms with Crippen molar-refractivity contribution in [1.82, 2.24) is 4.90 Å². The SMILES string of the molecule is CCCCCN(C)CCS(=O)CC. The standard InChI is InChI=1S/C10H23NOS/c1-4-6-7-8-11(3)9-10-13(12)5-2/h4-10H2,1-3H3. The Morgan fingerprint density at radius 3 is 2.38 bits per heavy atom. The van der Waals surface area contributed by atoms with Gasteiger partial charge in [-0.3, -0.25) is 4.21 Å². The van der Waals surface area contributed by atoms with Crippen LogP contribution in [0.3, 0.4) is 0 Å². The molecule has 3 heteroatoms. The summed E-state index contributed by atoms with van der Waals surface area (Å²) in [6.07, 6.45) is 3.85. The van der Waals surface area contributed by atoms with Crippen LogP contribution in [0.2, 0.25) is 0 Å². The summed E-state index contributed by atoms with van der Waals surface area (Å²) in [6.45, 7) is 6.32. The zero-order chi connectivity index (χ0) is 10.1. The van der Waals surface area contributed by atoms with Crippen LogP contribution in [0.4, 0.5) is 0 Å². The molecule has 13 heavy (non-hydrogen) atoms. The van der Waals surface area contributed by atoms with Gasteiger partial charge in [-0.25, -0.2) is 0 Å². The Bertz CT molecular complexity index is 139. The molecule has 0 spiro atoms. The van der Waals surface area contributed by atoms with E-state index in [4.69, 9.17) is 0 Å². The Hall–Kier alpha value is 0.110. The smallest absolute Gasteiger partial charge is 0.0362 e. The second-order valence-corrected chi connectivity index (χ2v) is 5.31. The van der Waals surface area contributed by atoms with Crippen LogP contribution >= 0.6 is 0 Å². The topological polar surface area (TPSA) is 20.3 Å². The van der Waals surface area contributed by atoms with E-state index in [9.17, 15) is 4.21 Å². The molecule has 0 heterocycles. The third-order valence-electron chi connectivity index (χ3n) is 2.17. The highest BCUT2D eigenvalue weighted by molar-refractivity contribution is 7.84. The van der Waals surface area contributed by atoms with Gasteiger partial charge in [0.1, 0.15) is 0 Å². The van der Waals surface area contributed by atoms with Crippen molar-refractivity contribution in [3.05, 3.63) is 0 Å². The molecule has 0 radical (unpaired) electrons. The number of rotatable bonds is 8. The van der Waals surface area contributed by atoms with E-state index in [1.165, 1.54) is 19.3 Å². The number of unbranched alkanes of at least 4 members (excludes halogenated alkanes) is 2. The first-order valence-corrected chi connectivity index (χ1v) is 6.73. The van der Waals surface area contributed by atoms with Crippen LogP contribution in [0, 0.1) is 0 Å². The van der Waals surface area contributed by atoms with Crippen molar-refractivity contribution < 1.29 is 4.21 Å². The van der Waals surface area contributed by atoms with Gasteiger partial charge in [0.25, 0.3) is 0 Å². The summed E-state index contributed by atoms with van der Waals surface area (Å²) in [6, 6.07) is 0. The summed E-state index contributed by atoms with van der Waals surface area (Å²) in [5.74, 6) is 1.63. The maximum absolute atomic E-state index is 11.1. The normalized spacial score (nSPS) is 13.5. The first-order chi connectivity index (χ1) is 6.20. The Labute approximate surface area is 85.2 Å². The molecule has 0 aromatic heterocycles. The lowest BCUT2D eigenvalue weighted by Crippen LogP contribution is -2.25. The molecule has 80 valence electrons. The summed E-state index contributed by atoms with van der Waals surface area (Å²) >= 11 is 0. The van der Waals surface area contributed by atoms with Crippen molar-refractivity contribution in [2.45, 2.75) is 33.1 Å². The van der Waals surface area contributed by atoms with Crippen LogP contribution in [0.25, 0.3) is 0 Å². The quantitative estimate of drug-likeness (QED) is 0.564. The number of nitrogens with zero attached hydrogens (tertiary/aromatic N) is 1. The Balaban J connectivity index is 3.29. The first kappa shape index (κ1) is 13.1. The van der Waals surface area contributed by atoms with Crippen LogP contribution in [-0.2, 0) is 10.8 Å². The molecule has 1 unspecified atom stereocenters. The van der Waals surface area contributed by atoms with Crippen molar-refractivity contribution in [3.63, 3.8) is 0 Å². The second-order valence-electron chi connectivity index (χ2n) is 3.44. The third-order valence-corrected chi connectivity index (χ3v) is 3.45. The van der Waals surface area contributed by atoms with Crippen molar-refractivity contribution in [3.8, 4) is 0 Å². The van der Waals surface area contributed by atoms with Crippen LogP contribution < -0.4 is 0 Å². The van der Waals surface area contributed by atoms with Crippen LogP contribution in [0.15, 0.2) is 0 Å². The molecule has 0 saturated carbocycles. The van der Waals surface area contributed by atoms with Gasteiger partial charge in [-0.2, -0.15) is 0 Å². The Morgan fingerprint density at radius 2 is 1.85 bits per heavy atom. The van der Waals surface area contributed by atoms with Gasteiger partial charge in [0.2, 0.25) is 0 Å². The van der Waals surface area contributed by atoms with Gasteiger partial charge in [0.15, 0.2) is 0 Å². The summed E-state index contributed by atoms with van der Waals surface area (Å²) < 4.78 is 11.1. The van der Waals surface area contributed by atoms with Gasteiger partial charge < -0.3 is 4.90 Å². The molecule has 0 N–H and O–H groups in total. The molecule has 0 bridgehead atoms. The third kappa shape index (κ3) is 8.44. The molecular weight excluding hydrogens is 182 g/mol. The maximum Gasteiger partial charge on any atom is 0.0362 e. The highest BCUT2D eigenvalue weighted by Crippen LogP contribution is 1.96. The van der Waals surface area contributed by atoms with Crippen molar-refractivity contribution >= 4 is 10.8 Å². The fourth-order valence-electron chi connectivity index (χ4n) is 1.15. The van der Waals surface area contributed by atoms with Gasteiger partial charge in [-0.15, -0.1) is 0 Å².